The van der Waals surface area contributed by atoms with Gasteiger partial charge in [-0.3, -0.25) is 20.0 Å². The van der Waals surface area contributed by atoms with E-state index in [1.54, 1.807) is 0 Å². The third-order valence-electron chi connectivity index (χ3n) is 6.40. The maximum Gasteiger partial charge on any atom is 0.360 e. The molecule has 0 radical (unpaired) electrons. The van der Waals surface area contributed by atoms with Crippen LogP contribution in [0.3, 0.4) is 0 Å². The van der Waals surface area contributed by atoms with Gasteiger partial charge in [-0.15, -0.1) is 24.0 Å². The monoisotopic (exact) mass is 713 g/mol. The van der Waals surface area contributed by atoms with E-state index >= 15 is 0 Å². The summed E-state index contributed by atoms with van der Waals surface area (Å²) in [6.45, 7) is 7.10. The van der Waals surface area contributed by atoms with Gasteiger partial charge in [-0.2, -0.15) is 5.26 Å². The van der Waals surface area contributed by atoms with Crippen molar-refractivity contribution >= 4 is 41.8 Å². The Morgan fingerprint density at radius 2 is 1.73 bits per heavy atom. The summed E-state index contributed by atoms with van der Waals surface area (Å²) in [5, 5.41) is 34.4. The molecular formula is C33H49Cl2N5O8. The molecule has 0 amide bonds. The second-order valence-corrected chi connectivity index (χ2v) is 11.9. The number of methoxy groups -OCH3 is 1. The summed E-state index contributed by atoms with van der Waals surface area (Å²) in [4.78, 5) is 38.3. The molecule has 3 heterocycles. The predicted octanol–water partition coefficient (Wildman–Crippen LogP) is 5.80. The third-order valence-corrected chi connectivity index (χ3v) is 6.67. The van der Waals surface area contributed by atoms with Gasteiger partial charge < -0.3 is 19.3 Å². The van der Waals surface area contributed by atoms with Gasteiger partial charge in [-0.05, 0) is 64.9 Å². The topological polar surface area (TPSA) is 188 Å². The number of hydroxylamine groups is 2. The van der Waals surface area contributed by atoms with E-state index in [0.717, 1.165) is 55.6 Å². The average Bonchev–Trinajstić information content (AvgIpc) is 3.05. The van der Waals surface area contributed by atoms with E-state index in [1.165, 1.54) is 11.7 Å². The number of nitrogens with zero attached hydrogens (tertiary/aromatic N) is 4. The van der Waals surface area contributed by atoms with Crippen LogP contribution in [0.4, 0.5) is 0 Å². The molecule has 13 nitrogen and oxygen atoms in total. The van der Waals surface area contributed by atoms with Gasteiger partial charge >= 0.3 is 11.9 Å². The van der Waals surface area contributed by atoms with E-state index in [2.05, 4.69) is 9.72 Å². The first-order chi connectivity index (χ1) is 22.3. The second-order valence-electron chi connectivity index (χ2n) is 11.5. The van der Waals surface area contributed by atoms with Gasteiger partial charge in [0, 0.05) is 38.2 Å². The van der Waals surface area contributed by atoms with Crippen LogP contribution in [-0.2, 0) is 38.6 Å². The van der Waals surface area contributed by atoms with Crippen molar-refractivity contribution in [2.75, 3.05) is 26.1 Å². The number of alkyl halides is 1. The number of piperidine rings is 1. The molecule has 0 spiro atoms. The lowest BCUT2D eigenvalue weighted by atomic mass is 10.1. The second kappa shape index (κ2) is 24.4. The first kappa shape index (κ1) is 44.3. The Balaban J connectivity index is 0.000000647. The molecule has 4 rings (SSSR count). The molecule has 2 aliphatic rings. The highest BCUT2D eigenvalue weighted by Crippen LogP contribution is 2.16. The highest BCUT2D eigenvalue weighted by atomic mass is 35.5. The van der Waals surface area contributed by atoms with E-state index in [1.807, 2.05) is 57.2 Å². The zero-order valence-corrected chi connectivity index (χ0v) is 29.8. The minimum atomic E-state index is -0.788. The van der Waals surface area contributed by atoms with E-state index in [0.29, 0.717) is 50.1 Å². The number of fused-ring (bicyclic) bond motifs is 1. The first-order valence-corrected chi connectivity index (χ1v) is 16.1. The van der Waals surface area contributed by atoms with Crippen molar-refractivity contribution < 1.29 is 34.1 Å². The molecule has 0 atom stereocenters. The number of benzene rings is 1. The number of amidine groups is 1. The summed E-state index contributed by atoms with van der Waals surface area (Å²) >= 11 is 5.33. The largest absolute Gasteiger partial charge is 0.501 e. The summed E-state index contributed by atoms with van der Waals surface area (Å²) in [7, 11) is 1.18. The summed E-state index contributed by atoms with van der Waals surface area (Å²) in [5.41, 5.74) is -0.260. The Labute approximate surface area is 293 Å². The number of unbranched alkanes of at least 4 members (excludes halogenated alkanes) is 2. The van der Waals surface area contributed by atoms with Crippen LogP contribution >= 0.6 is 24.0 Å². The standard InChI is InChI=1S/C13H18O3.C10H12N2O4.C5H8ClN.C5H10N2O.ClH/c1-13(2,3)16-12(14)10-15-9-11-7-5-4-6-8-11;1-16-10(15)7-8(13)9(14)12-5-3-2-4-6(12)11-7;6-4-2-1-3-5-7;6-5-3-1-2-4-7(5)8;/h4-8H,9-10H2,1-3H3;13H,2-5H2,1H3;1-4H2;6,8H,1-4H2;1H. The molecule has 1 aromatic carbocycles. The molecular weight excluding hydrogens is 665 g/mol. The van der Waals surface area contributed by atoms with E-state index in [4.69, 9.17) is 37.0 Å². The maximum absolute atomic E-state index is 11.7. The lowest BCUT2D eigenvalue weighted by Gasteiger charge is -2.21. The molecule has 0 unspecified atom stereocenters. The minimum absolute atomic E-state index is 0. The van der Waals surface area contributed by atoms with Crippen LogP contribution < -0.4 is 5.56 Å². The highest BCUT2D eigenvalue weighted by molar-refractivity contribution is 6.17. The fourth-order valence-corrected chi connectivity index (χ4v) is 4.31. The van der Waals surface area contributed by atoms with Crippen LogP contribution in [-0.4, -0.2) is 74.4 Å². The number of rotatable bonds is 8. The molecule has 2 aliphatic heterocycles. The summed E-state index contributed by atoms with van der Waals surface area (Å²) in [5.74, 6) is -0.169. The molecule has 48 heavy (non-hydrogen) atoms. The number of hydrogen-bond donors (Lipinski definition) is 3. The van der Waals surface area contributed by atoms with Crippen molar-refractivity contribution in [2.24, 2.45) is 0 Å². The number of carbonyl (C=O) groups is 2. The Morgan fingerprint density at radius 1 is 1.08 bits per heavy atom. The van der Waals surface area contributed by atoms with Gasteiger partial charge in [0.1, 0.15) is 23.9 Å². The number of aromatic hydroxyl groups is 1. The Bertz CT molecular complexity index is 1360. The van der Waals surface area contributed by atoms with Crippen LogP contribution in [0.25, 0.3) is 0 Å². The zero-order valence-electron chi connectivity index (χ0n) is 28.2. The lowest BCUT2D eigenvalue weighted by Crippen LogP contribution is -2.31. The Morgan fingerprint density at radius 3 is 2.27 bits per heavy atom. The van der Waals surface area contributed by atoms with Gasteiger partial charge in [0.15, 0.2) is 5.69 Å². The van der Waals surface area contributed by atoms with Crippen LogP contribution in [0.2, 0.25) is 0 Å². The Kier molecular flexibility index (Phi) is 22.6. The molecule has 1 saturated heterocycles. The Hall–Kier alpha value is -3.70. The number of aromatic nitrogens is 2. The molecule has 1 aromatic heterocycles. The van der Waals surface area contributed by atoms with Gasteiger partial charge in [0.25, 0.3) is 5.56 Å². The van der Waals surface area contributed by atoms with Gasteiger partial charge in [-0.25, -0.2) is 19.6 Å². The lowest BCUT2D eigenvalue weighted by molar-refractivity contribution is -0.160. The van der Waals surface area contributed by atoms with Crippen molar-refractivity contribution in [2.45, 2.75) is 97.3 Å². The fraction of sp³-hybridized carbons (Fsp3) is 0.576. The summed E-state index contributed by atoms with van der Waals surface area (Å²) in [6, 6.07) is 11.8. The van der Waals surface area contributed by atoms with Crippen LogP contribution in [0.15, 0.2) is 35.1 Å². The third kappa shape index (κ3) is 18.0. The van der Waals surface area contributed by atoms with Crippen molar-refractivity contribution in [3.8, 4) is 11.8 Å². The number of halogens is 2. The SMILES string of the molecule is CC(C)(C)OC(=O)COCc1ccccc1.COC(=O)c1nc2n(c(=O)c1O)CCCC2.Cl.N#CCCCCCl.N=C1CCCCN1O. The molecule has 0 aliphatic carbocycles. The molecule has 0 saturated carbocycles. The normalized spacial score (nSPS) is 13.3. The van der Waals surface area contributed by atoms with Crippen LogP contribution in [0, 0.1) is 16.7 Å². The minimum Gasteiger partial charge on any atom is -0.501 e. The van der Waals surface area contributed by atoms with Gasteiger partial charge in [0.05, 0.1) is 19.8 Å². The van der Waals surface area contributed by atoms with Gasteiger partial charge in [0.2, 0.25) is 5.75 Å². The maximum atomic E-state index is 11.7. The van der Waals surface area contributed by atoms with Crippen LogP contribution in [0.5, 0.6) is 5.75 Å². The fourth-order valence-electron chi connectivity index (χ4n) is 4.12. The van der Waals surface area contributed by atoms with Crippen molar-refractivity contribution in [3.63, 3.8) is 0 Å². The van der Waals surface area contributed by atoms with Crippen molar-refractivity contribution in [1.82, 2.24) is 14.6 Å². The zero-order chi connectivity index (χ0) is 35.2. The molecule has 268 valence electrons. The molecule has 0 bridgehead atoms. The number of esters is 2. The van der Waals surface area contributed by atoms with Crippen molar-refractivity contribution in [1.29, 1.82) is 10.7 Å². The van der Waals surface area contributed by atoms with E-state index < -0.39 is 22.9 Å². The molecule has 2 aromatic rings. The number of carbonyl (C=O) groups excluding carboxylic acids is 2. The molecule has 3 N–H and O–H groups in total. The van der Waals surface area contributed by atoms with Gasteiger partial charge in [-0.1, -0.05) is 30.3 Å². The van der Waals surface area contributed by atoms with Crippen LogP contribution in [0.1, 0.15) is 94.0 Å². The smallest absolute Gasteiger partial charge is 0.360 e. The number of ether oxygens (including phenoxy) is 3. The van der Waals surface area contributed by atoms with Crippen molar-refractivity contribution in [3.05, 3.63) is 57.8 Å². The predicted molar refractivity (Wildman–Crippen MR) is 184 cm³/mol. The number of aryl methyl sites for hydroxylation is 1. The quantitative estimate of drug-likeness (QED) is 0.170. The highest BCUT2D eigenvalue weighted by Gasteiger charge is 2.23. The first-order valence-electron chi connectivity index (χ1n) is 15.6. The number of nitrogens with one attached hydrogen (secondary N) is 1. The molecule has 1 fully saturated rings. The molecule has 15 heteroatoms. The number of nitriles is 1. The average molecular weight is 715 g/mol. The van der Waals surface area contributed by atoms with E-state index in [9.17, 15) is 19.5 Å². The number of hydrogen-bond acceptors (Lipinski definition) is 11. The summed E-state index contributed by atoms with van der Waals surface area (Å²) in [6.07, 6.45) is 7.80. The summed E-state index contributed by atoms with van der Waals surface area (Å²) < 4.78 is 16.2. The van der Waals surface area contributed by atoms with E-state index in [-0.39, 0.29) is 30.7 Å².